The number of amides is 2. The van der Waals surface area contributed by atoms with Crippen LogP contribution in [0, 0.1) is 17.6 Å². The highest BCUT2D eigenvalue weighted by molar-refractivity contribution is 5.93. The summed E-state index contributed by atoms with van der Waals surface area (Å²) in [5.74, 6) is -2.27. The number of nitrogens with one attached hydrogen (secondary N) is 2. The Bertz CT molecular complexity index is 947. The van der Waals surface area contributed by atoms with Gasteiger partial charge in [-0.3, -0.25) is 14.4 Å². The Morgan fingerprint density at radius 2 is 2.10 bits per heavy atom. The van der Waals surface area contributed by atoms with Crippen molar-refractivity contribution < 1.29 is 18.4 Å². The molecule has 0 radical (unpaired) electrons. The minimum Gasteiger partial charge on any atom is -0.352 e. The van der Waals surface area contributed by atoms with Gasteiger partial charge in [0.25, 0.3) is 11.5 Å². The van der Waals surface area contributed by atoms with Crippen molar-refractivity contribution in [3.63, 3.8) is 0 Å². The number of carbonyl (C=O) groups excluding carboxylic acids is 2. The number of hydrogen-bond acceptors (Lipinski definition) is 4. The third-order valence-corrected chi connectivity index (χ3v) is 5.01. The monoisotopic (exact) mass is 404 g/mol. The van der Waals surface area contributed by atoms with Gasteiger partial charge in [-0.15, -0.1) is 0 Å². The van der Waals surface area contributed by atoms with E-state index in [1.807, 2.05) is 0 Å². The van der Waals surface area contributed by atoms with Gasteiger partial charge in [-0.2, -0.15) is 0 Å². The van der Waals surface area contributed by atoms with Crippen LogP contribution in [0.5, 0.6) is 0 Å². The maximum absolute atomic E-state index is 13.2. The van der Waals surface area contributed by atoms with E-state index in [4.69, 9.17) is 0 Å². The summed E-state index contributed by atoms with van der Waals surface area (Å²) in [6.07, 6.45) is 5.04. The van der Waals surface area contributed by atoms with Gasteiger partial charge in [-0.05, 0) is 42.9 Å². The van der Waals surface area contributed by atoms with E-state index < -0.39 is 17.2 Å². The lowest BCUT2D eigenvalue weighted by molar-refractivity contribution is -0.121. The molecule has 1 saturated heterocycles. The number of benzene rings is 1. The second kappa shape index (κ2) is 9.40. The number of aromatic amines is 1. The average Bonchev–Trinajstić information content (AvgIpc) is 2.73. The summed E-state index contributed by atoms with van der Waals surface area (Å²) in [5, 5.41) is 2.69. The number of piperidine rings is 1. The molecule has 154 valence electrons. The fourth-order valence-electron chi connectivity index (χ4n) is 3.43. The molecule has 3 rings (SSSR count). The lowest BCUT2D eigenvalue weighted by atomic mass is 9.93. The van der Waals surface area contributed by atoms with Gasteiger partial charge in [0, 0.05) is 32.3 Å². The molecular formula is C20H22F2N4O3. The molecule has 0 aliphatic carbocycles. The van der Waals surface area contributed by atoms with Crippen LogP contribution in [-0.2, 0) is 11.3 Å². The van der Waals surface area contributed by atoms with Crippen LogP contribution >= 0.6 is 0 Å². The van der Waals surface area contributed by atoms with Crippen molar-refractivity contribution in [3.05, 3.63) is 63.8 Å². The molecule has 0 saturated carbocycles. The third-order valence-electron chi connectivity index (χ3n) is 5.01. The summed E-state index contributed by atoms with van der Waals surface area (Å²) in [5.41, 5.74) is 0.0227. The Morgan fingerprint density at radius 3 is 2.86 bits per heavy atom. The molecule has 0 bridgehead atoms. The molecule has 1 fully saturated rings. The van der Waals surface area contributed by atoms with E-state index in [0.29, 0.717) is 25.1 Å². The van der Waals surface area contributed by atoms with Crippen molar-refractivity contribution in [1.29, 1.82) is 0 Å². The largest absolute Gasteiger partial charge is 0.352 e. The first-order valence-corrected chi connectivity index (χ1v) is 9.46. The van der Waals surface area contributed by atoms with Crippen LogP contribution in [0.1, 0.15) is 41.6 Å². The number of carbonyl (C=O) groups is 2. The van der Waals surface area contributed by atoms with Gasteiger partial charge in [0.15, 0.2) is 11.6 Å². The second-order valence-electron chi connectivity index (χ2n) is 7.12. The van der Waals surface area contributed by atoms with E-state index in [1.54, 1.807) is 4.90 Å². The molecule has 7 nitrogen and oxygen atoms in total. The van der Waals surface area contributed by atoms with Crippen LogP contribution in [0.4, 0.5) is 8.78 Å². The molecule has 2 N–H and O–H groups in total. The van der Waals surface area contributed by atoms with Crippen molar-refractivity contribution in [2.24, 2.45) is 5.92 Å². The van der Waals surface area contributed by atoms with Crippen LogP contribution < -0.4 is 10.9 Å². The summed E-state index contributed by atoms with van der Waals surface area (Å²) in [4.78, 5) is 44.2. The first-order chi connectivity index (χ1) is 13.9. The van der Waals surface area contributed by atoms with Gasteiger partial charge >= 0.3 is 0 Å². The van der Waals surface area contributed by atoms with Crippen LogP contribution in [0.2, 0.25) is 0 Å². The van der Waals surface area contributed by atoms with Crippen LogP contribution in [0.3, 0.4) is 0 Å². The van der Waals surface area contributed by atoms with Gasteiger partial charge in [0.05, 0.1) is 6.33 Å². The zero-order chi connectivity index (χ0) is 20.8. The lowest BCUT2D eigenvalue weighted by Crippen LogP contribution is -2.42. The standard InChI is InChI=1S/C20H22F2N4O3/c21-16-5-3-14(8-17(16)22)9-24-18(27)6-4-13-2-1-7-26(11-13)20(29)15-10-23-12-25-19(15)28/h3,5,8,10,12-13H,1-2,4,6-7,9,11H2,(H,24,27)(H,23,25,28)/t13-/m0/s1. The van der Waals surface area contributed by atoms with Gasteiger partial charge < -0.3 is 15.2 Å². The number of rotatable bonds is 6. The van der Waals surface area contributed by atoms with Crippen molar-refractivity contribution in [2.75, 3.05) is 13.1 Å². The highest BCUT2D eigenvalue weighted by Crippen LogP contribution is 2.22. The first-order valence-electron chi connectivity index (χ1n) is 9.46. The van der Waals surface area contributed by atoms with Gasteiger partial charge in [0.2, 0.25) is 5.91 Å². The zero-order valence-corrected chi connectivity index (χ0v) is 15.8. The predicted octanol–water partition coefficient (Wildman–Crippen LogP) is 2.00. The third kappa shape index (κ3) is 5.46. The van der Waals surface area contributed by atoms with Gasteiger partial charge in [-0.25, -0.2) is 13.8 Å². The number of hydrogen-bond donors (Lipinski definition) is 2. The molecule has 29 heavy (non-hydrogen) atoms. The minimum atomic E-state index is -0.948. The maximum atomic E-state index is 13.2. The molecule has 1 atom stereocenters. The Morgan fingerprint density at radius 1 is 1.28 bits per heavy atom. The van der Waals surface area contributed by atoms with Gasteiger partial charge in [-0.1, -0.05) is 6.07 Å². The second-order valence-corrected chi connectivity index (χ2v) is 7.12. The lowest BCUT2D eigenvalue weighted by Gasteiger charge is -2.32. The van der Waals surface area contributed by atoms with Crippen molar-refractivity contribution >= 4 is 11.8 Å². The number of nitrogens with zero attached hydrogens (tertiary/aromatic N) is 2. The SMILES string of the molecule is O=C(CC[C@@H]1CCCN(C(=O)c2cnc[nH]c2=O)C1)NCc1ccc(F)c(F)c1. The molecule has 1 aromatic carbocycles. The number of likely N-dealkylation sites (tertiary alicyclic amines) is 1. The summed E-state index contributed by atoms with van der Waals surface area (Å²) >= 11 is 0. The van der Waals surface area contributed by atoms with Crippen LogP contribution in [-0.4, -0.2) is 39.8 Å². The van der Waals surface area contributed by atoms with Crippen molar-refractivity contribution in [3.8, 4) is 0 Å². The quantitative estimate of drug-likeness (QED) is 0.770. The van der Waals surface area contributed by atoms with E-state index in [2.05, 4.69) is 15.3 Å². The average molecular weight is 404 g/mol. The fraction of sp³-hybridized carbons (Fsp3) is 0.400. The minimum absolute atomic E-state index is 0.0115. The molecule has 0 unspecified atom stereocenters. The summed E-state index contributed by atoms with van der Waals surface area (Å²) in [6, 6.07) is 3.50. The molecule has 1 aromatic heterocycles. The number of aromatic nitrogens is 2. The summed E-state index contributed by atoms with van der Waals surface area (Å²) < 4.78 is 26.1. The topological polar surface area (TPSA) is 95.2 Å². The van der Waals surface area contributed by atoms with Crippen LogP contribution in [0.15, 0.2) is 35.5 Å². The Kier molecular flexibility index (Phi) is 6.69. The summed E-state index contributed by atoms with van der Waals surface area (Å²) in [6.45, 7) is 1.16. The van der Waals surface area contributed by atoms with E-state index in [9.17, 15) is 23.2 Å². The predicted molar refractivity (Wildman–Crippen MR) is 101 cm³/mol. The molecule has 1 aliphatic heterocycles. The first kappa shape index (κ1) is 20.6. The molecule has 2 aromatic rings. The van der Waals surface area contributed by atoms with Crippen molar-refractivity contribution in [1.82, 2.24) is 20.2 Å². The smallest absolute Gasteiger partial charge is 0.263 e. The normalized spacial score (nSPS) is 16.5. The van der Waals surface area contributed by atoms with E-state index in [-0.39, 0.29) is 36.3 Å². The van der Waals surface area contributed by atoms with E-state index in [0.717, 1.165) is 25.0 Å². The Labute approximate surface area is 166 Å². The molecule has 2 heterocycles. The van der Waals surface area contributed by atoms with E-state index in [1.165, 1.54) is 18.6 Å². The molecule has 0 spiro atoms. The summed E-state index contributed by atoms with van der Waals surface area (Å²) in [7, 11) is 0. The molecule has 2 amide bonds. The van der Waals surface area contributed by atoms with Crippen LogP contribution in [0.25, 0.3) is 0 Å². The molecule has 1 aliphatic rings. The highest BCUT2D eigenvalue weighted by Gasteiger charge is 2.26. The molecule has 9 heteroatoms. The van der Waals surface area contributed by atoms with E-state index >= 15 is 0 Å². The zero-order valence-electron chi connectivity index (χ0n) is 15.8. The Balaban J connectivity index is 1.47. The molecular weight excluding hydrogens is 382 g/mol. The fourth-order valence-corrected chi connectivity index (χ4v) is 3.43. The van der Waals surface area contributed by atoms with Gasteiger partial charge in [0.1, 0.15) is 5.56 Å². The maximum Gasteiger partial charge on any atom is 0.263 e. The number of H-pyrrole nitrogens is 1. The highest BCUT2D eigenvalue weighted by atomic mass is 19.2. The number of halogens is 2. The van der Waals surface area contributed by atoms with Crippen molar-refractivity contribution in [2.45, 2.75) is 32.2 Å². The Hall–Kier alpha value is -3.10.